The number of benzene rings is 1. The molecule has 0 spiro atoms. The molecule has 2 rings (SSSR count). The van der Waals surface area contributed by atoms with Gasteiger partial charge >= 0.3 is 0 Å². The van der Waals surface area contributed by atoms with Gasteiger partial charge in [-0.05, 0) is 30.0 Å². The first-order chi connectivity index (χ1) is 6.72. The molecule has 0 saturated heterocycles. The molecule has 0 heterocycles. The molecule has 0 fully saturated rings. The van der Waals surface area contributed by atoms with Gasteiger partial charge in [0, 0.05) is 11.5 Å². The largest absolute Gasteiger partial charge is 0.294 e. The lowest BCUT2D eigenvalue weighted by molar-refractivity contribution is 0.0946. The highest BCUT2D eigenvalue weighted by molar-refractivity contribution is 6.02. The Balaban J connectivity index is 2.36. The van der Waals surface area contributed by atoms with E-state index in [9.17, 15) is 4.79 Å². The summed E-state index contributed by atoms with van der Waals surface area (Å²) < 4.78 is 0. The molecule has 0 amide bonds. The smallest absolute Gasteiger partial charge is 0.166 e. The average molecular weight is 188 g/mol. The number of fused-ring (bicyclic) bond motifs is 1. The highest BCUT2D eigenvalue weighted by atomic mass is 16.1. The summed E-state index contributed by atoms with van der Waals surface area (Å²) in [5, 5.41) is 0. The summed E-state index contributed by atoms with van der Waals surface area (Å²) in [6, 6.07) is 6.38. The number of ketones is 1. The monoisotopic (exact) mass is 188 g/mol. The number of Topliss-reactive ketones (excluding diaryl/α,β-unsaturated/α-hetero) is 1. The fourth-order valence-electron chi connectivity index (χ4n) is 2.16. The molecule has 1 atom stereocenters. The maximum atomic E-state index is 11.8. The maximum absolute atomic E-state index is 11.8. The predicted molar refractivity (Wildman–Crippen MR) is 57.6 cm³/mol. The molecule has 0 aliphatic heterocycles. The van der Waals surface area contributed by atoms with E-state index in [1.54, 1.807) is 0 Å². The quantitative estimate of drug-likeness (QED) is 0.697. The summed E-state index contributed by atoms with van der Waals surface area (Å²) in [5.41, 5.74) is 3.51. The minimum atomic E-state index is 0.196. The lowest BCUT2D eigenvalue weighted by Crippen LogP contribution is -2.03. The van der Waals surface area contributed by atoms with Crippen molar-refractivity contribution in [2.24, 2.45) is 5.92 Å². The first-order valence-corrected chi connectivity index (χ1v) is 5.38. The molecule has 1 aliphatic carbocycles. The second-order valence-electron chi connectivity index (χ2n) is 4.21. The van der Waals surface area contributed by atoms with E-state index in [-0.39, 0.29) is 5.92 Å². The van der Waals surface area contributed by atoms with E-state index in [1.165, 1.54) is 11.1 Å². The standard InChI is InChI=1S/C13H16O/c1-3-4-10-5-6-11-7-9(2)13(14)12(11)8-10/h5-6,8-9H,3-4,7H2,1-2H3. The Labute approximate surface area is 85.1 Å². The number of carbonyl (C=O) groups is 1. The van der Waals surface area contributed by atoms with Crippen LogP contribution in [0.3, 0.4) is 0 Å². The molecule has 0 bridgehead atoms. The topological polar surface area (TPSA) is 17.1 Å². The van der Waals surface area contributed by atoms with Gasteiger partial charge in [0.2, 0.25) is 0 Å². The van der Waals surface area contributed by atoms with Crippen LogP contribution >= 0.6 is 0 Å². The fraction of sp³-hybridized carbons (Fsp3) is 0.462. The number of hydrogen-bond donors (Lipinski definition) is 0. The molecule has 1 heteroatoms. The molecule has 74 valence electrons. The lowest BCUT2D eigenvalue weighted by Gasteiger charge is -2.01. The van der Waals surface area contributed by atoms with E-state index in [1.807, 2.05) is 6.92 Å². The Kier molecular flexibility index (Phi) is 2.40. The Morgan fingerprint density at radius 3 is 2.93 bits per heavy atom. The number of rotatable bonds is 2. The van der Waals surface area contributed by atoms with Crippen LogP contribution < -0.4 is 0 Å². The van der Waals surface area contributed by atoms with Gasteiger partial charge in [-0.25, -0.2) is 0 Å². The summed E-state index contributed by atoms with van der Waals surface area (Å²) in [7, 11) is 0. The van der Waals surface area contributed by atoms with E-state index in [2.05, 4.69) is 25.1 Å². The van der Waals surface area contributed by atoms with Crippen molar-refractivity contribution in [2.75, 3.05) is 0 Å². The Bertz CT molecular complexity index is 365. The van der Waals surface area contributed by atoms with Crippen molar-refractivity contribution in [1.29, 1.82) is 0 Å². The van der Waals surface area contributed by atoms with Crippen LogP contribution in [-0.4, -0.2) is 5.78 Å². The van der Waals surface area contributed by atoms with E-state index >= 15 is 0 Å². The molecule has 1 aromatic rings. The summed E-state index contributed by atoms with van der Waals surface area (Å²) in [6.45, 7) is 4.18. The zero-order valence-corrected chi connectivity index (χ0v) is 8.84. The Hall–Kier alpha value is -1.11. The lowest BCUT2D eigenvalue weighted by atomic mass is 10.0. The molecule has 0 N–H and O–H groups in total. The van der Waals surface area contributed by atoms with Crippen LogP contribution in [0.5, 0.6) is 0 Å². The SMILES string of the molecule is CCCc1ccc2c(c1)C(=O)C(C)C2. The van der Waals surface area contributed by atoms with Gasteiger partial charge in [-0.15, -0.1) is 0 Å². The van der Waals surface area contributed by atoms with E-state index < -0.39 is 0 Å². The van der Waals surface area contributed by atoms with Crippen LogP contribution in [-0.2, 0) is 12.8 Å². The van der Waals surface area contributed by atoms with Crippen LogP contribution in [0, 0.1) is 5.92 Å². The van der Waals surface area contributed by atoms with E-state index in [0.29, 0.717) is 5.78 Å². The second-order valence-corrected chi connectivity index (χ2v) is 4.21. The van der Waals surface area contributed by atoms with Gasteiger partial charge in [0.25, 0.3) is 0 Å². The van der Waals surface area contributed by atoms with Crippen LogP contribution in [0.2, 0.25) is 0 Å². The van der Waals surface area contributed by atoms with Crippen molar-refractivity contribution >= 4 is 5.78 Å². The third-order valence-corrected chi connectivity index (χ3v) is 2.95. The number of carbonyl (C=O) groups excluding carboxylic acids is 1. The molecule has 1 aromatic carbocycles. The fourth-order valence-corrected chi connectivity index (χ4v) is 2.16. The summed E-state index contributed by atoms with van der Waals surface area (Å²) in [6.07, 6.45) is 3.15. The van der Waals surface area contributed by atoms with Crippen LogP contribution in [0.25, 0.3) is 0 Å². The first-order valence-electron chi connectivity index (χ1n) is 5.38. The van der Waals surface area contributed by atoms with Gasteiger partial charge in [-0.1, -0.05) is 32.4 Å². The van der Waals surface area contributed by atoms with Crippen molar-refractivity contribution in [3.63, 3.8) is 0 Å². The molecule has 0 saturated carbocycles. The van der Waals surface area contributed by atoms with Crippen molar-refractivity contribution < 1.29 is 4.79 Å². The van der Waals surface area contributed by atoms with Crippen molar-refractivity contribution in [3.8, 4) is 0 Å². The van der Waals surface area contributed by atoms with Crippen LogP contribution in [0.1, 0.15) is 41.8 Å². The molecule has 1 nitrogen and oxygen atoms in total. The summed E-state index contributed by atoms with van der Waals surface area (Å²) in [4.78, 5) is 11.8. The zero-order chi connectivity index (χ0) is 10.1. The average Bonchev–Trinajstić information content (AvgIpc) is 2.45. The predicted octanol–water partition coefficient (Wildman–Crippen LogP) is 3.01. The van der Waals surface area contributed by atoms with Crippen LogP contribution in [0.15, 0.2) is 18.2 Å². The highest BCUT2D eigenvalue weighted by Gasteiger charge is 2.26. The van der Waals surface area contributed by atoms with Crippen molar-refractivity contribution in [1.82, 2.24) is 0 Å². The van der Waals surface area contributed by atoms with Gasteiger partial charge in [0.1, 0.15) is 0 Å². The molecule has 0 aromatic heterocycles. The molecule has 1 aliphatic rings. The summed E-state index contributed by atoms with van der Waals surface area (Å²) in [5.74, 6) is 0.528. The minimum Gasteiger partial charge on any atom is -0.294 e. The normalized spacial score (nSPS) is 19.9. The van der Waals surface area contributed by atoms with Crippen LogP contribution in [0.4, 0.5) is 0 Å². The van der Waals surface area contributed by atoms with E-state index in [4.69, 9.17) is 0 Å². The van der Waals surface area contributed by atoms with Crippen molar-refractivity contribution in [2.45, 2.75) is 33.1 Å². The second kappa shape index (κ2) is 3.56. The van der Waals surface area contributed by atoms with E-state index in [0.717, 1.165) is 24.8 Å². The van der Waals surface area contributed by atoms with Gasteiger partial charge in [0.15, 0.2) is 5.78 Å². The zero-order valence-electron chi connectivity index (χ0n) is 8.84. The number of aryl methyl sites for hydroxylation is 1. The number of hydrogen-bond acceptors (Lipinski definition) is 1. The molecule has 14 heavy (non-hydrogen) atoms. The highest BCUT2D eigenvalue weighted by Crippen LogP contribution is 2.27. The minimum absolute atomic E-state index is 0.196. The molecular formula is C13H16O. The first kappa shape index (κ1) is 9.45. The summed E-state index contributed by atoms with van der Waals surface area (Å²) >= 11 is 0. The van der Waals surface area contributed by atoms with Gasteiger partial charge in [0.05, 0.1) is 0 Å². The third kappa shape index (κ3) is 1.47. The third-order valence-electron chi connectivity index (χ3n) is 2.95. The Morgan fingerprint density at radius 2 is 2.21 bits per heavy atom. The molecule has 1 unspecified atom stereocenters. The Morgan fingerprint density at radius 1 is 1.43 bits per heavy atom. The molecular weight excluding hydrogens is 172 g/mol. The van der Waals surface area contributed by atoms with Gasteiger partial charge in [-0.3, -0.25) is 4.79 Å². The molecule has 0 radical (unpaired) electrons. The van der Waals surface area contributed by atoms with Crippen molar-refractivity contribution in [3.05, 3.63) is 34.9 Å². The van der Waals surface area contributed by atoms with Gasteiger partial charge in [-0.2, -0.15) is 0 Å². The van der Waals surface area contributed by atoms with Gasteiger partial charge < -0.3 is 0 Å². The maximum Gasteiger partial charge on any atom is 0.166 e.